The maximum Gasteiger partial charge on any atom is 0.383 e. The van der Waals surface area contributed by atoms with Gasteiger partial charge >= 0.3 is 9.97 Å². The van der Waals surface area contributed by atoms with Crippen LogP contribution in [-0.2, 0) is 0 Å². The lowest BCUT2D eigenvalue weighted by atomic mass is 10.8. The van der Waals surface area contributed by atoms with Gasteiger partial charge in [-0.2, -0.15) is 13.2 Å². The van der Waals surface area contributed by atoms with E-state index >= 15 is 0 Å². The van der Waals surface area contributed by atoms with Crippen molar-refractivity contribution in [2.24, 2.45) is 0 Å². The summed E-state index contributed by atoms with van der Waals surface area (Å²) in [7, 11) is 0. The Kier molecular flexibility index (Phi) is 7.22. The van der Waals surface area contributed by atoms with E-state index in [0.717, 1.165) is 0 Å². The first-order chi connectivity index (χ1) is 4.66. The van der Waals surface area contributed by atoms with E-state index < -0.39 is 16.1 Å². The zero-order chi connectivity index (χ0) is 9.71. The molecule has 0 nitrogen and oxygen atoms in total. The molecule has 0 saturated heterocycles. The molecule has 0 amide bonds. The molecule has 0 N–H and O–H groups in total. The van der Waals surface area contributed by atoms with E-state index in [2.05, 4.69) is 46.4 Å². The van der Waals surface area contributed by atoms with Crippen molar-refractivity contribution in [2.45, 2.75) is 9.97 Å². The van der Waals surface area contributed by atoms with Crippen molar-refractivity contribution < 1.29 is 17.6 Å². The fraction of sp³-hybridized carbons (Fsp3) is 1.00. The third-order valence-corrected chi connectivity index (χ3v) is 1.25. The zero-order valence-corrected chi connectivity index (χ0v) is 7.75. The minimum absolute atomic E-state index is 0.778. The van der Waals surface area contributed by atoms with Crippen LogP contribution in [0.5, 0.6) is 0 Å². The summed E-state index contributed by atoms with van der Waals surface area (Å²) in [6.07, 6.45) is -0.778. The molecule has 0 aromatic carbocycles. The normalized spacial score (nSPS) is 12.0. The molecule has 0 heterocycles. The Hall–Kier alpha value is 0.880. The van der Waals surface area contributed by atoms with Crippen molar-refractivity contribution in [3.63, 3.8) is 0 Å². The molecule has 0 aromatic rings. The molecule has 0 spiro atoms. The SMILES string of the molecule is FC(F)(Cl)C(F)(Cl)Cl.FCCl. The lowest BCUT2D eigenvalue weighted by molar-refractivity contribution is 0.0241. The molecular formula is C3H2Cl4F4. The van der Waals surface area contributed by atoms with Crippen LogP contribution in [0.1, 0.15) is 0 Å². The van der Waals surface area contributed by atoms with Gasteiger partial charge in [0.15, 0.2) is 6.13 Å². The van der Waals surface area contributed by atoms with Crippen LogP contribution in [0.15, 0.2) is 0 Å². The quantitative estimate of drug-likeness (QED) is 0.490. The van der Waals surface area contributed by atoms with Crippen molar-refractivity contribution in [2.75, 3.05) is 6.13 Å². The number of alkyl halides is 8. The number of hydrogen-bond donors (Lipinski definition) is 0. The van der Waals surface area contributed by atoms with Crippen LogP contribution in [0, 0.1) is 0 Å². The molecule has 70 valence electrons. The molecule has 0 fully saturated rings. The van der Waals surface area contributed by atoms with E-state index in [9.17, 15) is 17.6 Å². The molecule has 0 bridgehead atoms. The molecule has 0 unspecified atom stereocenters. The summed E-state index contributed by atoms with van der Waals surface area (Å²) in [5.74, 6) is 0. The van der Waals surface area contributed by atoms with Gasteiger partial charge in [-0.3, -0.25) is 0 Å². The molecule has 0 atom stereocenters. The Labute approximate surface area is 80.4 Å². The van der Waals surface area contributed by atoms with Gasteiger partial charge in [0.05, 0.1) is 0 Å². The highest BCUT2D eigenvalue weighted by molar-refractivity contribution is 6.51. The van der Waals surface area contributed by atoms with Crippen LogP contribution >= 0.6 is 46.4 Å². The number of rotatable bonds is 1. The lowest BCUT2D eigenvalue weighted by Gasteiger charge is -2.13. The summed E-state index contributed by atoms with van der Waals surface area (Å²) in [4.78, 5) is 0. The fourth-order valence-corrected chi connectivity index (χ4v) is 0. The Morgan fingerprint density at radius 2 is 1.09 bits per heavy atom. The maximum absolute atomic E-state index is 11.5. The van der Waals surface area contributed by atoms with Gasteiger partial charge in [-0.05, 0) is 11.6 Å². The topological polar surface area (TPSA) is 0 Å². The second-order valence-electron chi connectivity index (χ2n) is 1.10. The fourth-order valence-electron chi connectivity index (χ4n) is 0. The molecule has 11 heavy (non-hydrogen) atoms. The number of halogens is 8. The summed E-state index contributed by atoms with van der Waals surface area (Å²) in [5.41, 5.74) is 0. The third kappa shape index (κ3) is 8.79. The van der Waals surface area contributed by atoms with Gasteiger partial charge in [0.1, 0.15) is 0 Å². The molecule has 0 aliphatic rings. The highest BCUT2D eigenvalue weighted by Crippen LogP contribution is 2.42. The molecular weight excluding hydrogens is 254 g/mol. The average Bonchev–Trinajstić information content (AvgIpc) is 1.60. The van der Waals surface area contributed by atoms with Crippen LogP contribution in [-0.4, -0.2) is 16.1 Å². The molecule has 0 aliphatic heterocycles. The first kappa shape index (κ1) is 14.4. The van der Waals surface area contributed by atoms with Gasteiger partial charge < -0.3 is 0 Å². The van der Waals surface area contributed by atoms with E-state index in [1.54, 1.807) is 0 Å². The Morgan fingerprint density at radius 1 is 1.00 bits per heavy atom. The van der Waals surface area contributed by atoms with E-state index in [1.165, 1.54) is 0 Å². The van der Waals surface area contributed by atoms with E-state index in [-0.39, 0.29) is 0 Å². The standard InChI is InChI=1S/C2Cl3F3.CH2ClF/c3-1(4,6)2(5,7)8;2-1-3/h;1H2. The van der Waals surface area contributed by atoms with Gasteiger partial charge in [0.2, 0.25) is 0 Å². The first-order valence-corrected chi connectivity index (χ1v) is 3.59. The van der Waals surface area contributed by atoms with Crippen molar-refractivity contribution in [1.29, 1.82) is 0 Å². The molecule has 0 rings (SSSR count). The van der Waals surface area contributed by atoms with Gasteiger partial charge in [0, 0.05) is 0 Å². The minimum Gasteiger partial charge on any atom is -0.234 e. The summed E-state index contributed by atoms with van der Waals surface area (Å²) in [6, 6.07) is 0. The van der Waals surface area contributed by atoms with E-state index in [4.69, 9.17) is 0 Å². The highest BCUT2D eigenvalue weighted by atomic mass is 35.5. The summed E-state index contributed by atoms with van der Waals surface area (Å²) in [6.45, 7) is 0. The largest absolute Gasteiger partial charge is 0.383 e. The minimum atomic E-state index is -4.23. The van der Waals surface area contributed by atoms with Crippen LogP contribution < -0.4 is 0 Å². The monoisotopic (exact) mass is 254 g/mol. The number of hydrogen-bond acceptors (Lipinski definition) is 0. The van der Waals surface area contributed by atoms with Gasteiger partial charge in [0.25, 0.3) is 0 Å². The zero-order valence-electron chi connectivity index (χ0n) is 4.73. The Balaban J connectivity index is 0. The third-order valence-electron chi connectivity index (χ3n) is 0.321. The summed E-state index contributed by atoms with van der Waals surface area (Å²) >= 11 is 16.8. The predicted octanol–water partition coefficient (Wildman–Crippen LogP) is 4.07. The smallest absolute Gasteiger partial charge is 0.234 e. The Bertz CT molecular complexity index is 82.5. The summed E-state index contributed by atoms with van der Waals surface area (Å²) < 4.78 is 40.6. The van der Waals surface area contributed by atoms with Crippen LogP contribution in [0.3, 0.4) is 0 Å². The van der Waals surface area contributed by atoms with Crippen LogP contribution in [0.2, 0.25) is 0 Å². The molecule has 0 saturated carbocycles. The average molecular weight is 256 g/mol. The van der Waals surface area contributed by atoms with Crippen molar-refractivity contribution in [3.05, 3.63) is 0 Å². The van der Waals surface area contributed by atoms with Crippen molar-refractivity contribution >= 4 is 46.4 Å². The molecule has 8 heteroatoms. The van der Waals surface area contributed by atoms with Crippen LogP contribution in [0.25, 0.3) is 0 Å². The first-order valence-electron chi connectivity index (χ1n) is 1.92. The van der Waals surface area contributed by atoms with Gasteiger partial charge in [-0.25, -0.2) is 4.39 Å². The van der Waals surface area contributed by atoms with Crippen LogP contribution in [0.4, 0.5) is 17.6 Å². The second kappa shape index (κ2) is 5.51. The predicted molar refractivity (Wildman–Crippen MR) is 38.2 cm³/mol. The van der Waals surface area contributed by atoms with Gasteiger partial charge in [-0.1, -0.05) is 34.8 Å². The molecule has 0 radical (unpaired) electrons. The van der Waals surface area contributed by atoms with Gasteiger partial charge in [-0.15, -0.1) is 0 Å². The lowest BCUT2D eigenvalue weighted by Crippen LogP contribution is -2.27. The highest BCUT2D eigenvalue weighted by Gasteiger charge is 2.51. The van der Waals surface area contributed by atoms with E-state index in [0.29, 0.717) is 0 Å². The second-order valence-corrected chi connectivity index (χ2v) is 3.01. The Morgan fingerprint density at radius 3 is 1.09 bits per heavy atom. The van der Waals surface area contributed by atoms with E-state index in [1.807, 2.05) is 0 Å². The molecule has 0 aromatic heterocycles. The summed E-state index contributed by atoms with van der Waals surface area (Å²) in [5, 5.41) is -4.23. The maximum atomic E-state index is 11.5. The van der Waals surface area contributed by atoms with Crippen molar-refractivity contribution in [1.82, 2.24) is 0 Å². The molecule has 0 aliphatic carbocycles. The van der Waals surface area contributed by atoms with Crippen molar-refractivity contribution in [3.8, 4) is 0 Å².